The predicted octanol–water partition coefficient (Wildman–Crippen LogP) is 2.88. The van der Waals surface area contributed by atoms with Gasteiger partial charge in [0, 0.05) is 30.0 Å². The molecular weight excluding hydrogens is 232 g/mol. The molecule has 0 atom stereocenters. The molecule has 0 spiro atoms. The summed E-state index contributed by atoms with van der Waals surface area (Å²) in [5.41, 5.74) is 7.08. The third-order valence-electron chi connectivity index (χ3n) is 3.42. The van der Waals surface area contributed by atoms with Gasteiger partial charge in [0.2, 0.25) is 0 Å². The third kappa shape index (κ3) is 3.20. The number of hydrogen-bond acceptors (Lipinski definition) is 4. The second kappa shape index (κ2) is 5.82. The Morgan fingerprint density at radius 3 is 2.78 bits per heavy atom. The van der Waals surface area contributed by atoms with Gasteiger partial charge in [-0.1, -0.05) is 12.8 Å². The smallest absolute Gasteiger partial charge is 0.269 e. The Morgan fingerprint density at radius 1 is 1.39 bits per heavy atom. The summed E-state index contributed by atoms with van der Waals surface area (Å²) in [5.74, 6) is 0.643. The van der Waals surface area contributed by atoms with Crippen molar-refractivity contribution in [3.8, 4) is 0 Å². The first-order valence-electron chi connectivity index (χ1n) is 6.27. The maximum atomic E-state index is 10.7. The lowest BCUT2D eigenvalue weighted by molar-refractivity contribution is -0.384. The quantitative estimate of drug-likeness (QED) is 0.495. The number of nitro benzene ring substituents is 1. The Kier molecular flexibility index (Phi) is 4.15. The van der Waals surface area contributed by atoms with E-state index in [1.807, 2.05) is 0 Å². The molecule has 0 aliphatic heterocycles. The summed E-state index contributed by atoms with van der Waals surface area (Å²) in [4.78, 5) is 10.3. The molecule has 1 aromatic carbocycles. The number of nitrogens with zero attached hydrogens (tertiary/aromatic N) is 1. The number of non-ortho nitro benzene ring substituents is 1. The summed E-state index contributed by atoms with van der Waals surface area (Å²) in [7, 11) is 0. The summed E-state index contributed by atoms with van der Waals surface area (Å²) < 4.78 is 5.62. The summed E-state index contributed by atoms with van der Waals surface area (Å²) >= 11 is 0. The first-order valence-corrected chi connectivity index (χ1v) is 6.27. The molecule has 2 N–H and O–H groups in total. The predicted molar refractivity (Wildman–Crippen MR) is 69.1 cm³/mol. The molecule has 0 aromatic heterocycles. The van der Waals surface area contributed by atoms with Gasteiger partial charge in [-0.2, -0.15) is 0 Å². The molecular formula is C13H18N2O3. The maximum absolute atomic E-state index is 10.7. The van der Waals surface area contributed by atoms with Crippen LogP contribution in [-0.2, 0) is 11.3 Å². The zero-order chi connectivity index (χ0) is 13.0. The molecule has 2 rings (SSSR count). The molecule has 0 radical (unpaired) electrons. The first kappa shape index (κ1) is 12.8. The van der Waals surface area contributed by atoms with Gasteiger partial charge in [-0.15, -0.1) is 0 Å². The molecule has 1 aromatic rings. The van der Waals surface area contributed by atoms with Crippen LogP contribution in [0.3, 0.4) is 0 Å². The molecule has 5 heteroatoms. The number of benzene rings is 1. The van der Waals surface area contributed by atoms with Crippen LogP contribution in [0.25, 0.3) is 0 Å². The van der Waals surface area contributed by atoms with Crippen LogP contribution in [0.2, 0.25) is 0 Å². The van der Waals surface area contributed by atoms with Crippen molar-refractivity contribution in [2.45, 2.75) is 32.3 Å². The van der Waals surface area contributed by atoms with E-state index in [9.17, 15) is 10.1 Å². The molecule has 18 heavy (non-hydrogen) atoms. The van der Waals surface area contributed by atoms with Crippen molar-refractivity contribution in [2.24, 2.45) is 5.92 Å². The fourth-order valence-corrected chi connectivity index (χ4v) is 2.34. The molecule has 0 bridgehead atoms. The van der Waals surface area contributed by atoms with Crippen LogP contribution in [0.15, 0.2) is 18.2 Å². The van der Waals surface area contributed by atoms with Gasteiger partial charge in [0.05, 0.1) is 11.5 Å². The van der Waals surface area contributed by atoms with Gasteiger partial charge in [-0.3, -0.25) is 10.1 Å². The lowest BCUT2D eigenvalue weighted by atomic mass is 10.1. The second-order valence-corrected chi connectivity index (χ2v) is 4.81. The van der Waals surface area contributed by atoms with Crippen LogP contribution in [0.4, 0.5) is 11.4 Å². The summed E-state index contributed by atoms with van der Waals surface area (Å²) in [5, 5.41) is 10.7. The first-order chi connectivity index (χ1) is 8.66. The number of hydrogen-bond donors (Lipinski definition) is 1. The SMILES string of the molecule is Nc1ccc([N+](=O)[O-])cc1COCC1CCCC1. The molecule has 0 unspecified atom stereocenters. The van der Waals surface area contributed by atoms with E-state index in [2.05, 4.69) is 0 Å². The average Bonchev–Trinajstić information content (AvgIpc) is 2.84. The average molecular weight is 250 g/mol. The van der Waals surface area contributed by atoms with Crippen LogP contribution in [0.5, 0.6) is 0 Å². The van der Waals surface area contributed by atoms with Crippen molar-refractivity contribution >= 4 is 11.4 Å². The Labute approximate surface area is 106 Å². The lowest BCUT2D eigenvalue weighted by Gasteiger charge is -2.11. The maximum Gasteiger partial charge on any atom is 0.269 e. The number of anilines is 1. The van der Waals surface area contributed by atoms with E-state index in [0.29, 0.717) is 23.8 Å². The molecule has 0 saturated heterocycles. The highest BCUT2D eigenvalue weighted by Gasteiger charge is 2.15. The molecule has 0 amide bonds. The zero-order valence-electron chi connectivity index (χ0n) is 10.3. The summed E-state index contributed by atoms with van der Waals surface area (Å²) in [6.07, 6.45) is 5.02. The Bertz CT molecular complexity index is 428. The standard InChI is InChI=1S/C13H18N2O3/c14-13-6-5-12(15(16)17)7-11(13)9-18-8-10-3-1-2-4-10/h5-7,10H,1-4,8-9,14H2. The number of ether oxygens (including phenoxy) is 1. The second-order valence-electron chi connectivity index (χ2n) is 4.81. The van der Waals surface area contributed by atoms with E-state index >= 15 is 0 Å². The van der Waals surface area contributed by atoms with Crippen LogP contribution in [0.1, 0.15) is 31.2 Å². The van der Waals surface area contributed by atoms with E-state index in [0.717, 1.165) is 6.61 Å². The van der Waals surface area contributed by atoms with Crippen LogP contribution in [0, 0.1) is 16.0 Å². The highest BCUT2D eigenvalue weighted by atomic mass is 16.6. The number of nitrogens with two attached hydrogens (primary N) is 1. The van der Waals surface area contributed by atoms with Crippen molar-refractivity contribution in [2.75, 3.05) is 12.3 Å². The highest BCUT2D eigenvalue weighted by molar-refractivity contribution is 5.52. The number of rotatable bonds is 5. The normalized spacial score (nSPS) is 16.0. The Morgan fingerprint density at radius 2 is 2.11 bits per heavy atom. The third-order valence-corrected chi connectivity index (χ3v) is 3.42. The fourth-order valence-electron chi connectivity index (χ4n) is 2.34. The van der Waals surface area contributed by atoms with Gasteiger partial charge in [-0.25, -0.2) is 0 Å². The molecule has 1 aliphatic carbocycles. The van der Waals surface area contributed by atoms with Gasteiger partial charge in [0.15, 0.2) is 0 Å². The van der Waals surface area contributed by atoms with Gasteiger partial charge < -0.3 is 10.5 Å². The molecule has 0 heterocycles. The van der Waals surface area contributed by atoms with Gasteiger partial charge in [-0.05, 0) is 24.8 Å². The van der Waals surface area contributed by atoms with Crippen molar-refractivity contribution in [1.82, 2.24) is 0 Å². The molecule has 98 valence electrons. The van der Waals surface area contributed by atoms with E-state index < -0.39 is 4.92 Å². The summed E-state index contributed by atoms with van der Waals surface area (Å²) in [6, 6.07) is 4.46. The zero-order valence-corrected chi connectivity index (χ0v) is 10.3. The van der Waals surface area contributed by atoms with E-state index in [4.69, 9.17) is 10.5 Å². The Balaban J connectivity index is 1.91. The molecule has 5 nitrogen and oxygen atoms in total. The van der Waals surface area contributed by atoms with Gasteiger partial charge in [0.25, 0.3) is 5.69 Å². The fraction of sp³-hybridized carbons (Fsp3) is 0.538. The van der Waals surface area contributed by atoms with Crippen molar-refractivity contribution in [3.05, 3.63) is 33.9 Å². The minimum Gasteiger partial charge on any atom is -0.398 e. The van der Waals surface area contributed by atoms with Crippen LogP contribution >= 0.6 is 0 Å². The number of nitrogen functional groups attached to an aromatic ring is 1. The number of nitro groups is 1. The van der Waals surface area contributed by atoms with Crippen LogP contribution < -0.4 is 5.73 Å². The summed E-state index contributed by atoms with van der Waals surface area (Å²) in [6.45, 7) is 1.08. The molecule has 1 saturated carbocycles. The van der Waals surface area contributed by atoms with E-state index in [1.54, 1.807) is 6.07 Å². The minimum absolute atomic E-state index is 0.0590. The lowest BCUT2D eigenvalue weighted by Crippen LogP contribution is -2.06. The molecule has 1 aliphatic rings. The molecule has 1 fully saturated rings. The van der Waals surface area contributed by atoms with Gasteiger partial charge >= 0.3 is 0 Å². The van der Waals surface area contributed by atoms with Crippen LogP contribution in [-0.4, -0.2) is 11.5 Å². The monoisotopic (exact) mass is 250 g/mol. The van der Waals surface area contributed by atoms with Gasteiger partial charge in [0.1, 0.15) is 0 Å². The topological polar surface area (TPSA) is 78.4 Å². The van der Waals surface area contributed by atoms with Crippen molar-refractivity contribution in [3.63, 3.8) is 0 Å². The van der Waals surface area contributed by atoms with E-state index in [-0.39, 0.29) is 5.69 Å². The minimum atomic E-state index is -0.417. The largest absolute Gasteiger partial charge is 0.398 e. The Hall–Kier alpha value is -1.62. The highest BCUT2D eigenvalue weighted by Crippen LogP contribution is 2.26. The van der Waals surface area contributed by atoms with Crippen molar-refractivity contribution < 1.29 is 9.66 Å². The van der Waals surface area contributed by atoms with E-state index in [1.165, 1.54) is 37.8 Å². The van der Waals surface area contributed by atoms with Crippen molar-refractivity contribution in [1.29, 1.82) is 0 Å².